The van der Waals surface area contributed by atoms with Gasteiger partial charge in [0.05, 0.1) is 0 Å². The molecule has 0 amide bonds. The standard InChI is InChI=1S/C12H9F2N/c13-10-4-5-12(14)9(7-10)8-11-3-1-2-6-15-11/h1-7H,8H2. The normalized spacial score (nSPS) is 10.3. The second-order valence-corrected chi connectivity index (χ2v) is 3.23. The fourth-order valence-corrected chi connectivity index (χ4v) is 1.38. The van der Waals surface area contributed by atoms with Crippen molar-refractivity contribution in [3.05, 3.63) is 65.5 Å². The van der Waals surface area contributed by atoms with Gasteiger partial charge in [0.25, 0.3) is 0 Å². The van der Waals surface area contributed by atoms with Gasteiger partial charge in [-0.2, -0.15) is 0 Å². The zero-order valence-electron chi connectivity index (χ0n) is 7.95. The fraction of sp³-hybridized carbons (Fsp3) is 0.0833. The maximum Gasteiger partial charge on any atom is 0.126 e. The third kappa shape index (κ3) is 2.37. The zero-order valence-corrected chi connectivity index (χ0v) is 7.95. The minimum atomic E-state index is -0.428. The topological polar surface area (TPSA) is 12.9 Å². The van der Waals surface area contributed by atoms with Crippen LogP contribution in [0, 0.1) is 11.6 Å². The van der Waals surface area contributed by atoms with Crippen LogP contribution >= 0.6 is 0 Å². The predicted octanol–water partition coefficient (Wildman–Crippen LogP) is 2.95. The van der Waals surface area contributed by atoms with Crippen LogP contribution in [0.2, 0.25) is 0 Å². The Hall–Kier alpha value is -1.77. The highest BCUT2D eigenvalue weighted by atomic mass is 19.1. The molecule has 2 aromatic rings. The Morgan fingerprint density at radius 3 is 2.67 bits per heavy atom. The highest BCUT2D eigenvalue weighted by Gasteiger charge is 2.05. The first-order valence-electron chi connectivity index (χ1n) is 4.59. The quantitative estimate of drug-likeness (QED) is 0.734. The number of benzene rings is 1. The summed E-state index contributed by atoms with van der Waals surface area (Å²) in [5.41, 5.74) is 1.05. The highest BCUT2D eigenvalue weighted by Crippen LogP contribution is 2.13. The highest BCUT2D eigenvalue weighted by molar-refractivity contribution is 5.24. The molecule has 0 aliphatic carbocycles. The fourth-order valence-electron chi connectivity index (χ4n) is 1.38. The van der Waals surface area contributed by atoms with Crippen molar-refractivity contribution in [2.24, 2.45) is 0 Å². The Labute approximate surface area is 86.4 Å². The van der Waals surface area contributed by atoms with Gasteiger partial charge in [-0.15, -0.1) is 0 Å². The molecule has 0 radical (unpaired) electrons. The van der Waals surface area contributed by atoms with Crippen molar-refractivity contribution >= 4 is 0 Å². The van der Waals surface area contributed by atoms with Crippen molar-refractivity contribution in [1.29, 1.82) is 0 Å². The molecule has 0 spiro atoms. The Morgan fingerprint density at radius 2 is 1.93 bits per heavy atom. The molecule has 0 aliphatic rings. The molecule has 3 heteroatoms. The van der Waals surface area contributed by atoms with Gasteiger partial charge in [0.2, 0.25) is 0 Å². The molecule has 1 heterocycles. The summed E-state index contributed by atoms with van der Waals surface area (Å²) >= 11 is 0. The summed E-state index contributed by atoms with van der Waals surface area (Å²) in [6, 6.07) is 8.82. The van der Waals surface area contributed by atoms with E-state index in [0.717, 1.165) is 17.8 Å². The number of hydrogen-bond acceptors (Lipinski definition) is 1. The van der Waals surface area contributed by atoms with Crippen molar-refractivity contribution in [2.45, 2.75) is 6.42 Å². The van der Waals surface area contributed by atoms with Gasteiger partial charge >= 0.3 is 0 Å². The van der Waals surface area contributed by atoms with Gasteiger partial charge in [0.1, 0.15) is 11.6 Å². The smallest absolute Gasteiger partial charge is 0.126 e. The molecule has 0 aliphatic heterocycles. The van der Waals surface area contributed by atoms with Crippen molar-refractivity contribution in [3.63, 3.8) is 0 Å². The van der Waals surface area contributed by atoms with E-state index in [2.05, 4.69) is 4.98 Å². The van der Waals surface area contributed by atoms with Crippen LogP contribution in [0.15, 0.2) is 42.6 Å². The molecular weight excluding hydrogens is 196 g/mol. The van der Waals surface area contributed by atoms with Gasteiger partial charge in [-0.25, -0.2) is 8.78 Å². The number of hydrogen-bond donors (Lipinski definition) is 0. The summed E-state index contributed by atoms with van der Waals surface area (Å²) in [6.45, 7) is 0. The predicted molar refractivity (Wildman–Crippen MR) is 53.4 cm³/mol. The van der Waals surface area contributed by atoms with E-state index in [-0.39, 0.29) is 0 Å². The lowest BCUT2D eigenvalue weighted by atomic mass is 10.1. The molecule has 1 aromatic heterocycles. The maximum absolute atomic E-state index is 13.3. The van der Waals surface area contributed by atoms with E-state index in [0.29, 0.717) is 12.0 Å². The van der Waals surface area contributed by atoms with Gasteiger partial charge in [-0.1, -0.05) is 6.07 Å². The zero-order chi connectivity index (χ0) is 10.7. The molecule has 2 rings (SSSR count). The number of pyridine rings is 1. The van der Waals surface area contributed by atoms with E-state index >= 15 is 0 Å². The molecular formula is C12H9F2N. The van der Waals surface area contributed by atoms with Gasteiger partial charge in [-0.05, 0) is 35.9 Å². The molecule has 0 atom stereocenters. The van der Waals surface area contributed by atoms with Crippen molar-refractivity contribution in [3.8, 4) is 0 Å². The number of aromatic nitrogens is 1. The third-order valence-electron chi connectivity index (χ3n) is 2.11. The third-order valence-corrected chi connectivity index (χ3v) is 2.11. The van der Waals surface area contributed by atoms with E-state index in [9.17, 15) is 8.78 Å². The molecule has 15 heavy (non-hydrogen) atoms. The molecule has 1 nitrogen and oxygen atoms in total. The lowest BCUT2D eigenvalue weighted by Crippen LogP contribution is -1.95. The van der Waals surface area contributed by atoms with Crippen molar-refractivity contribution in [2.75, 3.05) is 0 Å². The van der Waals surface area contributed by atoms with Crippen LogP contribution in [0.3, 0.4) is 0 Å². The number of nitrogens with zero attached hydrogens (tertiary/aromatic N) is 1. The van der Waals surface area contributed by atoms with Crippen molar-refractivity contribution < 1.29 is 8.78 Å². The minimum Gasteiger partial charge on any atom is -0.261 e. The average molecular weight is 205 g/mol. The Balaban J connectivity index is 2.28. The Kier molecular flexibility index (Phi) is 2.72. The monoisotopic (exact) mass is 205 g/mol. The van der Waals surface area contributed by atoms with Crippen LogP contribution in [-0.4, -0.2) is 4.98 Å². The summed E-state index contributed by atoms with van der Waals surface area (Å²) in [7, 11) is 0. The van der Waals surface area contributed by atoms with Crippen LogP contribution in [0.1, 0.15) is 11.3 Å². The van der Waals surface area contributed by atoms with Gasteiger partial charge in [0.15, 0.2) is 0 Å². The molecule has 0 unspecified atom stereocenters. The molecule has 1 aromatic carbocycles. The van der Waals surface area contributed by atoms with E-state index in [1.54, 1.807) is 18.3 Å². The molecule has 0 N–H and O–H groups in total. The molecule has 0 bridgehead atoms. The molecule has 0 saturated heterocycles. The van der Waals surface area contributed by atoms with Gasteiger partial charge in [-0.3, -0.25) is 4.98 Å². The second-order valence-electron chi connectivity index (χ2n) is 3.23. The summed E-state index contributed by atoms with van der Waals surface area (Å²) < 4.78 is 26.1. The lowest BCUT2D eigenvalue weighted by molar-refractivity contribution is 0.588. The first-order valence-corrected chi connectivity index (χ1v) is 4.59. The first-order chi connectivity index (χ1) is 7.25. The van der Waals surface area contributed by atoms with Crippen LogP contribution in [0.25, 0.3) is 0 Å². The summed E-state index contributed by atoms with van der Waals surface area (Å²) in [5.74, 6) is -0.829. The average Bonchev–Trinajstić information content (AvgIpc) is 2.25. The number of rotatable bonds is 2. The van der Waals surface area contributed by atoms with Gasteiger partial charge in [0, 0.05) is 18.3 Å². The lowest BCUT2D eigenvalue weighted by Gasteiger charge is -2.02. The number of halogens is 2. The van der Waals surface area contributed by atoms with E-state index in [1.165, 1.54) is 6.07 Å². The van der Waals surface area contributed by atoms with Crippen LogP contribution in [0.5, 0.6) is 0 Å². The van der Waals surface area contributed by atoms with Crippen molar-refractivity contribution in [1.82, 2.24) is 4.98 Å². The maximum atomic E-state index is 13.3. The Morgan fingerprint density at radius 1 is 1.07 bits per heavy atom. The largest absolute Gasteiger partial charge is 0.261 e. The van der Waals surface area contributed by atoms with Crippen LogP contribution in [-0.2, 0) is 6.42 Å². The summed E-state index contributed by atoms with van der Waals surface area (Å²) in [4.78, 5) is 4.06. The Bertz CT molecular complexity index is 454. The van der Waals surface area contributed by atoms with Crippen LogP contribution in [0.4, 0.5) is 8.78 Å². The minimum absolute atomic E-state index is 0.310. The van der Waals surface area contributed by atoms with E-state index in [1.807, 2.05) is 6.07 Å². The van der Waals surface area contributed by atoms with E-state index < -0.39 is 11.6 Å². The molecule has 0 fully saturated rings. The van der Waals surface area contributed by atoms with Crippen LogP contribution < -0.4 is 0 Å². The molecule has 76 valence electrons. The second kappa shape index (κ2) is 4.17. The van der Waals surface area contributed by atoms with Gasteiger partial charge < -0.3 is 0 Å². The first kappa shape index (κ1) is 9.77. The van der Waals surface area contributed by atoms with E-state index in [4.69, 9.17) is 0 Å². The summed E-state index contributed by atoms with van der Waals surface area (Å²) in [6.07, 6.45) is 1.94. The SMILES string of the molecule is Fc1ccc(F)c(Cc2ccccn2)c1. The summed E-state index contributed by atoms with van der Waals surface area (Å²) in [5, 5.41) is 0. The molecule has 0 saturated carbocycles.